The number of halogens is 1. The molecule has 1 aromatic carbocycles. The van der Waals surface area contributed by atoms with Gasteiger partial charge in [-0.15, -0.1) is 0 Å². The number of H-pyrrole nitrogens is 2. The maximum Gasteiger partial charge on any atom is 0.155 e. The SMILES string of the molecule is Fc1ccc(-c2ccnc3[nH]c(-c4n[nH]c5ncc(-c6cncc(CNCC7CCCC7)c6)cc45)cc23)cc1. The summed E-state index contributed by atoms with van der Waals surface area (Å²) in [5.74, 6) is 0.546. The topological polar surface area (TPSA) is 95.2 Å². The second-order valence-electron chi connectivity index (χ2n) is 10.4. The Morgan fingerprint density at radius 1 is 0.846 bits per heavy atom. The van der Waals surface area contributed by atoms with Crippen LogP contribution in [0.15, 0.2) is 73.3 Å². The highest BCUT2D eigenvalue weighted by molar-refractivity contribution is 5.99. The van der Waals surface area contributed by atoms with Crippen molar-refractivity contribution in [1.82, 2.24) is 35.5 Å². The number of aromatic nitrogens is 6. The highest BCUT2D eigenvalue weighted by Crippen LogP contribution is 2.34. The van der Waals surface area contributed by atoms with Gasteiger partial charge in [-0.3, -0.25) is 10.1 Å². The number of aromatic amines is 2. The van der Waals surface area contributed by atoms with Crippen LogP contribution in [0.4, 0.5) is 4.39 Å². The van der Waals surface area contributed by atoms with Gasteiger partial charge in [0, 0.05) is 53.2 Å². The summed E-state index contributed by atoms with van der Waals surface area (Å²) in [6, 6.07) is 14.8. The van der Waals surface area contributed by atoms with E-state index in [1.165, 1.54) is 37.8 Å². The number of hydrogen-bond acceptors (Lipinski definition) is 5. The standard InChI is InChI=1S/C31H28FN7/c32-24-7-5-21(6-8-24)25-9-10-35-30-26(25)13-28(37-30)29-27-12-23(18-36-31(27)39-38-29)22-11-20(16-34-17-22)15-33-14-19-3-1-2-4-19/h5-13,16-19,33H,1-4,14-15H2,(H,35,37)(H,36,38,39). The number of pyridine rings is 3. The first kappa shape index (κ1) is 23.7. The van der Waals surface area contributed by atoms with E-state index in [9.17, 15) is 4.39 Å². The maximum absolute atomic E-state index is 13.5. The molecule has 0 aliphatic heterocycles. The minimum atomic E-state index is -0.258. The number of nitrogens with zero attached hydrogens (tertiary/aromatic N) is 4. The van der Waals surface area contributed by atoms with Gasteiger partial charge in [0.25, 0.3) is 0 Å². The maximum atomic E-state index is 13.5. The molecule has 8 heteroatoms. The van der Waals surface area contributed by atoms with Crippen molar-refractivity contribution in [3.05, 3.63) is 84.7 Å². The summed E-state index contributed by atoms with van der Waals surface area (Å²) in [6.45, 7) is 1.88. The van der Waals surface area contributed by atoms with Gasteiger partial charge < -0.3 is 10.3 Å². The lowest BCUT2D eigenvalue weighted by Gasteiger charge is -2.11. The second-order valence-corrected chi connectivity index (χ2v) is 10.4. The lowest BCUT2D eigenvalue weighted by molar-refractivity contribution is 0.489. The predicted octanol–water partition coefficient (Wildman–Crippen LogP) is 6.65. The molecule has 0 amide bonds. The molecule has 1 aliphatic carbocycles. The summed E-state index contributed by atoms with van der Waals surface area (Å²) in [7, 11) is 0. The molecule has 0 unspecified atom stereocenters. The molecule has 7 nitrogen and oxygen atoms in total. The zero-order valence-electron chi connectivity index (χ0n) is 21.4. The molecule has 0 spiro atoms. The van der Waals surface area contributed by atoms with Gasteiger partial charge in [-0.1, -0.05) is 25.0 Å². The molecule has 1 aliphatic rings. The summed E-state index contributed by atoms with van der Waals surface area (Å²) in [4.78, 5) is 17.1. The van der Waals surface area contributed by atoms with Gasteiger partial charge in [0.05, 0.1) is 5.69 Å². The quantitative estimate of drug-likeness (QED) is 0.220. The Kier molecular flexibility index (Phi) is 6.09. The molecule has 0 radical (unpaired) electrons. The third-order valence-electron chi connectivity index (χ3n) is 7.72. The number of hydrogen-bond donors (Lipinski definition) is 3. The van der Waals surface area contributed by atoms with Crippen molar-refractivity contribution in [3.63, 3.8) is 0 Å². The number of benzene rings is 1. The molecular formula is C31H28FN7. The number of fused-ring (bicyclic) bond motifs is 2. The average Bonchev–Trinajstić information content (AvgIpc) is 3.73. The van der Waals surface area contributed by atoms with Crippen molar-refractivity contribution in [2.75, 3.05) is 6.54 Å². The molecule has 39 heavy (non-hydrogen) atoms. The third kappa shape index (κ3) is 4.68. The summed E-state index contributed by atoms with van der Waals surface area (Å²) in [5.41, 5.74) is 8.12. The van der Waals surface area contributed by atoms with Crippen molar-refractivity contribution in [2.45, 2.75) is 32.2 Å². The number of nitrogens with one attached hydrogen (secondary N) is 3. The van der Waals surface area contributed by atoms with Crippen molar-refractivity contribution in [1.29, 1.82) is 0 Å². The first-order valence-corrected chi connectivity index (χ1v) is 13.4. The van der Waals surface area contributed by atoms with Gasteiger partial charge in [0.2, 0.25) is 0 Å². The van der Waals surface area contributed by atoms with Crippen LogP contribution in [0.25, 0.3) is 55.7 Å². The second kappa shape index (κ2) is 10.0. The zero-order chi connectivity index (χ0) is 26.2. The van der Waals surface area contributed by atoms with Gasteiger partial charge in [0.1, 0.15) is 17.2 Å². The summed E-state index contributed by atoms with van der Waals surface area (Å²) < 4.78 is 13.5. The molecular weight excluding hydrogens is 489 g/mol. The van der Waals surface area contributed by atoms with Crippen LogP contribution in [0, 0.1) is 11.7 Å². The van der Waals surface area contributed by atoms with Crippen LogP contribution in [0.3, 0.4) is 0 Å². The van der Waals surface area contributed by atoms with Gasteiger partial charge >= 0.3 is 0 Å². The Morgan fingerprint density at radius 3 is 2.56 bits per heavy atom. The zero-order valence-corrected chi connectivity index (χ0v) is 21.4. The van der Waals surface area contributed by atoms with E-state index in [0.717, 1.165) is 74.6 Å². The van der Waals surface area contributed by atoms with Crippen LogP contribution in [0.5, 0.6) is 0 Å². The Balaban J connectivity index is 1.20. The fourth-order valence-electron chi connectivity index (χ4n) is 5.68. The largest absolute Gasteiger partial charge is 0.338 e. The van der Waals surface area contributed by atoms with Crippen molar-refractivity contribution >= 4 is 22.1 Å². The molecule has 5 aromatic heterocycles. The van der Waals surface area contributed by atoms with E-state index < -0.39 is 0 Å². The lowest BCUT2D eigenvalue weighted by atomic mass is 10.0. The van der Waals surface area contributed by atoms with Gasteiger partial charge in [0.15, 0.2) is 5.65 Å². The van der Waals surface area contributed by atoms with Crippen LogP contribution < -0.4 is 5.32 Å². The molecule has 5 heterocycles. The summed E-state index contributed by atoms with van der Waals surface area (Å²) in [5, 5.41) is 13.1. The van der Waals surface area contributed by atoms with Crippen LogP contribution in [0.2, 0.25) is 0 Å². The summed E-state index contributed by atoms with van der Waals surface area (Å²) in [6.07, 6.45) is 12.8. The van der Waals surface area contributed by atoms with Crippen molar-refractivity contribution < 1.29 is 4.39 Å². The van der Waals surface area contributed by atoms with E-state index in [4.69, 9.17) is 0 Å². The Hall–Kier alpha value is -4.43. The monoisotopic (exact) mass is 517 g/mol. The summed E-state index contributed by atoms with van der Waals surface area (Å²) >= 11 is 0. The molecule has 1 fully saturated rings. The van der Waals surface area contributed by atoms with Crippen LogP contribution in [-0.4, -0.2) is 36.7 Å². The fourth-order valence-corrected chi connectivity index (χ4v) is 5.68. The van der Waals surface area contributed by atoms with E-state index in [-0.39, 0.29) is 5.82 Å². The Labute approximate surface area is 224 Å². The van der Waals surface area contributed by atoms with E-state index in [2.05, 4.69) is 47.6 Å². The highest BCUT2D eigenvalue weighted by Gasteiger charge is 2.16. The van der Waals surface area contributed by atoms with Crippen molar-refractivity contribution in [2.24, 2.45) is 5.92 Å². The molecule has 194 valence electrons. The minimum absolute atomic E-state index is 0.258. The predicted molar refractivity (Wildman–Crippen MR) is 151 cm³/mol. The fraction of sp³-hybridized carbons (Fsp3) is 0.226. The molecule has 3 N–H and O–H groups in total. The average molecular weight is 518 g/mol. The smallest absolute Gasteiger partial charge is 0.155 e. The van der Waals surface area contributed by atoms with Crippen LogP contribution in [0.1, 0.15) is 31.2 Å². The molecule has 7 rings (SSSR count). The molecule has 6 aromatic rings. The van der Waals surface area contributed by atoms with Gasteiger partial charge in [-0.25, -0.2) is 14.4 Å². The van der Waals surface area contributed by atoms with E-state index in [1.54, 1.807) is 18.3 Å². The first-order chi connectivity index (χ1) is 19.2. The lowest BCUT2D eigenvalue weighted by Crippen LogP contribution is -2.20. The normalized spacial score (nSPS) is 14.1. The van der Waals surface area contributed by atoms with E-state index in [1.807, 2.05) is 30.7 Å². The van der Waals surface area contributed by atoms with Crippen LogP contribution >= 0.6 is 0 Å². The molecule has 1 saturated carbocycles. The first-order valence-electron chi connectivity index (χ1n) is 13.4. The van der Waals surface area contributed by atoms with Crippen LogP contribution in [-0.2, 0) is 6.54 Å². The van der Waals surface area contributed by atoms with E-state index >= 15 is 0 Å². The molecule has 0 saturated heterocycles. The van der Waals surface area contributed by atoms with Crippen molar-refractivity contribution in [3.8, 4) is 33.6 Å². The van der Waals surface area contributed by atoms with E-state index in [0.29, 0.717) is 5.65 Å². The number of rotatable bonds is 7. The minimum Gasteiger partial charge on any atom is -0.338 e. The van der Waals surface area contributed by atoms with Gasteiger partial charge in [-0.2, -0.15) is 5.10 Å². The molecule has 0 atom stereocenters. The Bertz CT molecular complexity index is 1760. The molecule has 0 bridgehead atoms. The third-order valence-corrected chi connectivity index (χ3v) is 7.72. The Morgan fingerprint density at radius 2 is 1.69 bits per heavy atom. The highest BCUT2D eigenvalue weighted by atomic mass is 19.1. The van der Waals surface area contributed by atoms with Gasteiger partial charge in [-0.05, 0) is 78.4 Å².